The van der Waals surface area contributed by atoms with Crippen LogP contribution in [0.2, 0.25) is 0 Å². The summed E-state index contributed by atoms with van der Waals surface area (Å²) >= 11 is 1.39. The molecule has 0 radical (unpaired) electrons. The molecule has 0 bridgehead atoms. The van der Waals surface area contributed by atoms with Crippen molar-refractivity contribution in [1.82, 2.24) is 24.9 Å². The van der Waals surface area contributed by atoms with Crippen molar-refractivity contribution < 1.29 is 9.53 Å². The fourth-order valence-electron chi connectivity index (χ4n) is 2.86. The van der Waals surface area contributed by atoms with Crippen LogP contribution in [0.15, 0.2) is 53.7 Å². The van der Waals surface area contributed by atoms with Gasteiger partial charge in [-0.25, -0.2) is 10.1 Å². The van der Waals surface area contributed by atoms with Crippen LogP contribution in [0, 0.1) is 0 Å². The summed E-state index contributed by atoms with van der Waals surface area (Å²) in [6.07, 6.45) is 0.777. The summed E-state index contributed by atoms with van der Waals surface area (Å²) in [4.78, 5) is 16.6. The number of benzene rings is 2. The molecule has 138 valence electrons. The van der Waals surface area contributed by atoms with Gasteiger partial charge in [-0.1, -0.05) is 36.0 Å². The fraction of sp³-hybridized carbons (Fsp3) is 0.211. The molecule has 1 amide bonds. The summed E-state index contributed by atoms with van der Waals surface area (Å²) in [6, 6.07) is 15.7. The quantitative estimate of drug-likeness (QED) is 0.481. The number of carbonyl (C=O) groups is 1. The maximum Gasteiger partial charge on any atom is 0.231 e. The Hall–Kier alpha value is -3.00. The van der Waals surface area contributed by atoms with Gasteiger partial charge < -0.3 is 10.1 Å². The molecule has 0 aliphatic rings. The number of fused-ring (bicyclic) bond motifs is 3. The third-order valence-corrected chi connectivity index (χ3v) is 5.17. The number of hydrogen-bond donors (Lipinski definition) is 2. The van der Waals surface area contributed by atoms with Crippen LogP contribution in [-0.4, -0.2) is 44.9 Å². The Morgan fingerprint density at radius 3 is 2.85 bits per heavy atom. The van der Waals surface area contributed by atoms with Gasteiger partial charge >= 0.3 is 0 Å². The zero-order valence-electron chi connectivity index (χ0n) is 14.8. The molecule has 0 saturated heterocycles. The second-order valence-electron chi connectivity index (χ2n) is 6.00. The minimum Gasteiger partial charge on any atom is -0.497 e. The number of methoxy groups -OCH3 is 1. The van der Waals surface area contributed by atoms with Gasteiger partial charge in [-0.2, -0.15) is 0 Å². The van der Waals surface area contributed by atoms with Gasteiger partial charge in [0.05, 0.1) is 23.9 Å². The van der Waals surface area contributed by atoms with Gasteiger partial charge in [0.2, 0.25) is 11.7 Å². The van der Waals surface area contributed by atoms with Crippen molar-refractivity contribution in [3.8, 4) is 5.75 Å². The van der Waals surface area contributed by atoms with Gasteiger partial charge in [-0.05, 0) is 36.2 Å². The van der Waals surface area contributed by atoms with Crippen LogP contribution in [0.5, 0.6) is 5.75 Å². The molecule has 2 N–H and O–H groups in total. The van der Waals surface area contributed by atoms with Crippen molar-refractivity contribution in [3.05, 3.63) is 54.1 Å². The van der Waals surface area contributed by atoms with Gasteiger partial charge in [0.25, 0.3) is 0 Å². The Balaban J connectivity index is 1.32. The highest BCUT2D eigenvalue weighted by atomic mass is 32.2. The lowest BCUT2D eigenvalue weighted by molar-refractivity contribution is -0.118. The van der Waals surface area contributed by atoms with Crippen molar-refractivity contribution in [2.75, 3.05) is 19.4 Å². The summed E-state index contributed by atoms with van der Waals surface area (Å²) in [5.74, 6) is 1.79. The second-order valence-corrected chi connectivity index (χ2v) is 6.94. The molecule has 2 aromatic carbocycles. The number of H-pyrrole nitrogens is 1. The molecule has 2 aromatic heterocycles. The minimum atomic E-state index is -0.0194. The lowest BCUT2D eigenvalue weighted by Crippen LogP contribution is -2.27. The summed E-state index contributed by atoms with van der Waals surface area (Å²) in [6.45, 7) is 0.593. The van der Waals surface area contributed by atoms with E-state index in [1.165, 1.54) is 11.8 Å². The number of aromatic amines is 1. The average molecular weight is 381 g/mol. The Morgan fingerprint density at radius 1 is 1.22 bits per heavy atom. The van der Waals surface area contributed by atoms with Crippen molar-refractivity contribution in [2.45, 2.75) is 11.6 Å². The molecular weight excluding hydrogens is 362 g/mol. The van der Waals surface area contributed by atoms with Crippen LogP contribution in [0.3, 0.4) is 0 Å². The van der Waals surface area contributed by atoms with Gasteiger partial charge in [0, 0.05) is 6.54 Å². The molecule has 0 fully saturated rings. The van der Waals surface area contributed by atoms with Crippen molar-refractivity contribution in [2.24, 2.45) is 0 Å². The Kier molecular flexibility index (Phi) is 4.97. The largest absolute Gasteiger partial charge is 0.497 e. The summed E-state index contributed by atoms with van der Waals surface area (Å²) in [5.41, 5.74) is 3.03. The lowest BCUT2D eigenvalue weighted by atomic mass is 10.1. The van der Waals surface area contributed by atoms with Gasteiger partial charge in [-0.3, -0.25) is 9.20 Å². The molecular formula is C19H19N5O2S. The van der Waals surface area contributed by atoms with E-state index in [1.54, 1.807) is 7.11 Å². The molecule has 0 aliphatic carbocycles. The van der Waals surface area contributed by atoms with E-state index in [0.717, 1.165) is 33.9 Å². The number of ether oxygens (including phenoxy) is 1. The summed E-state index contributed by atoms with van der Waals surface area (Å²) < 4.78 is 7.08. The first-order valence-corrected chi connectivity index (χ1v) is 9.57. The lowest BCUT2D eigenvalue weighted by Gasteiger charge is -2.06. The smallest absolute Gasteiger partial charge is 0.231 e. The third-order valence-electron chi connectivity index (χ3n) is 4.23. The van der Waals surface area contributed by atoms with E-state index >= 15 is 0 Å². The SMILES string of the molecule is COc1ccc(CCNC(=O)CSc2n[nH]c3nc4ccccc4n23)cc1. The number of thioether (sulfide) groups is 1. The van der Waals surface area contributed by atoms with E-state index in [-0.39, 0.29) is 5.91 Å². The molecule has 7 nitrogen and oxygen atoms in total. The highest BCUT2D eigenvalue weighted by Crippen LogP contribution is 2.22. The van der Waals surface area contributed by atoms with Gasteiger partial charge in [-0.15, -0.1) is 5.10 Å². The van der Waals surface area contributed by atoms with E-state index in [2.05, 4.69) is 20.5 Å². The Labute approximate surface area is 160 Å². The number of rotatable bonds is 7. The molecule has 8 heteroatoms. The number of aromatic nitrogens is 4. The highest BCUT2D eigenvalue weighted by Gasteiger charge is 2.13. The van der Waals surface area contributed by atoms with Crippen LogP contribution < -0.4 is 10.1 Å². The summed E-state index contributed by atoms with van der Waals surface area (Å²) in [7, 11) is 1.65. The van der Waals surface area contributed by atoms with E-state index in [1.807, 2.05) is 52.9 Å². The molecule has 2 heterocycles. The van der Waals surface area contributed by atoms with Crippen molar-refractivity contribution in [3.63, 3.8) is 0 Å². The minimum absolute atomic E-state index is 0.0194. The maximum atomic E-state index is 12.2. The van der Waals surface area contributed by atoms with Crippen LogP contribution in [0.1, 0.15) is 5.56 Å². The molecule has 27 heavy (non-hydrogen) atoms. The first-order valence-electron chi connectivity index (χ1n) is 8.58. The Morgan fingerprint density at radius 2 is 2.04 bits per heavy atom. The fourth-order valence-corrected chi connectivity index (χ4v) is 3.65. The standard InChI is InChI=1S/C19H19N5O2S/c1-26-14-8-6-13(7-9-14)10-11-20-17(25)12-27-19-23-22-18-21-15-4-2-3-5-16(15)24(18)19/h2-9H,10-12H2,1H3,(H,20,25)(H,21,22). The number of nitrogens with one attached hydrogen (secondary N) is 2. The van der Waals surface area contributed by atoms with E-state index in [0.29, 0.717) is 18.1 Å². The highest BCUT2D eigenvalue weighted by molar-refractivity contribution is 7.99. The van der Waals surface area contributed by atoms with Crippen LogP contribution in [0.25, 0.3) is 16.8 Å². The van der Waals surface area contributed by atoms with Crippen LogP contribution in [0.4, 0.5) is 0 Å². The third kappa shape index (κ3) is 3.75. The number of carbonyl (C=O) groups excluding carboxylic acids is 1. The monoisotopic (exact) mass is 381 g/mol. The number of imidazole rings is 1. The van der Waals surface area contributed by atoms with Gasteiger partial charge in [0.1, 0.15) is 5.75 Å². The number of amides is 1. The summed E-state index contributed by atoms with van der Waals surface area (Å²) in [5, 5.41) is 10.9. The van der Waals surface area contributed by atoms with E-state index in [9.17, 15) is 4.79 Å². The molecule has 0 atom stereocenters. The topological polar surface area (TPSA) is 84.3 Å². The zero-order valence-corrected chi connectivity index (χ0v) is 15.6. The zero-order chi connectivity index (χ0) is 18.6. The Bertz CT molecular complexity index is 1070. The van der Waals surface area contributed by atoms with E-state index in [4.69, 9.17) is 4.74 Å². The molecule has 4 rings (SSSR count). The second kappa shape index (κ2) is 7.71. The molecule has 0 spiro atoms. The molecule has 0 saturated carbocycles. The maximum absolute atomic E-state index is 12.2. The molecule has 4 aromatic rings. The van der Waals surface area contributed by atoms with Crippen molar-refractivity contribution in [1.29, 1.82) is 0 Å². The number of para-hydroxylation sites is 2. The number of hydrogen-bond acceptors (Lipinski definition) is 5. The predicted octanol–water partition coefficient (Wildman–Crippen LogP) is 2.67. The predicted molar refractivity (Wildman–Crippen MR) is 105 cm³/mol. The molecule has 0 aliphatic heterocycles. The number of nitrogens with zero attached hydrogens (tertiary/aromatic N) is 3. The van der Waals surface area contributed by atoms with E-state index < -0.39 is 0 Å². The van der Waals surface area contributed by atoms with Crippen LogP contribution >= 0.6 is 11.8 Å². The van der Waals surface area contributed by atoms with Crippen molar-refractivity contribution >= 4 is 34.5 Å². The first kappa shape index (κ1) is 17.4. The molecule has 0 unspecified atom stereocenters. The van der Waals surface area contributed by atoms with Gasteiger partial charge in [0.15, 0.2) is 5.16 Å². The van der Waals surface area contributed by atoms with Crippen LogP contribution in [-0.2, 0) is 11.2 Å². The normalized spacial score (nSPS) is 11.1. The average Bonchev–Trinajstić information content (AvgIpc) is 3.26. The first-order chi connectivity index (χ1) is 13.2.